The van der Waals surface area contributed by atoms with Crippen molar-refractivity contribution in [3.63, 3.8) is 0 Å². The van der Waals surface area contributed by atoms with Gasteiger partial charge in [-0.1, -0.05) is 15.9 Å². The van der Waals surface area contributed by atoms with E-state index < -0.39 is 5.82 Å². The number of amides is 1. The van der Waals surface area contributed by atoms with E-state index in [9.17, 15) is 9.18 Å². The van der Waals surface area contributed by atoms with Gasteiger partial charge in [0.25, 0.3) is 0 Å². The summed E-state index contributed by atoms with van der Waals surface area (Å²) < 4.78 is 19.9. The Bertz CT molecular complexity index is 901. The summed E-state index contributed by atoms with van der Waals surface area (Å²) in [5, 5.41) is 3.51. The van der Waals surface area contributed by atoms with Crippen molar-refractivity contribution < 1.29 is 13.6 Å². The van der Waals surface area contributed by atoms with E-state index in [1.807, 2.05) is 26.0 Å². The first kappa shape index (κ1) is 15.7. The van der Waals surface area contributed by atoms with Crippen LogP contribution in [0.3, 0.4) is 0 Å². The molecule has 118 valence electrons. The molecule has 23 heavy (non-hydrogen) atoms. The predicted octanol–water partition coefficient (Wildman–Crippen LogP) is 5.13. The van der Waals surface area contributed by atoms with Crippen molar-refractivity contribution in [1.82, 2.24) is 0 Å². The van der Waals surface area contributed by atoms with E-state index in [2.05, 4.69) is 21.2 Å². The Hall–Kier alpha value is -2.14. The van der Waals surface area contributed by atoms with E-state index in [0.29, 0.717) is 4.47 Å². The molecule has 3 nitrogen and oxygen atoms in total. The zero-order chi connectivity index (χ0) is 16.6. The third-order valence-electron chi connectivity index (χ3n) is 3.83. The van der Waals surface area contributed by atoms with Crippen molar-refractivity contribution in [3.8, 4) is 0 Å². The van der Waals surface area contributed by atoms with Crippen LogP contribution in [0.1, 0.15) is 16.7 Å². The molecule has 0 radical (unpaired) electrons. The zero-order valence-electron chi connectivity index (χ0n) is 12.7. The van der Waals surface area contributed by atoms with Crippen LogP contribution in [0.4, 0.5) is 10.1 Å². The van der Waals surface area contributed by atoms with Crippen molar-refractivity contribution in [3.05, 3.63) is 63.6 Å². The van der Waals surface area contributed by atoms with Crippen LogP contribution in [0.25, 0.3) is 11.0 Å². The standard InChI is InChI=1S/C18H15BrFNO2/c1-10-5-14-12(9-23-17(14)6-11(10)2)7-18(22)21-16-4-3-13(19)8-15(16)20/h3-6,8-9H,7H2,1-2H3,(H,21,22). The molecule has 0 fully saturated rings. The van der Waals surface area contributed by atoms with Crippen LogP contribution in [0, 0.1) is 19.7 Å². The summed E-state index contributed by atoms with van der Waals surface area (Å²) >= 11 is 3.19. The number of anilines is 1. The zero-order valence-corrected chi connectivity index (χ0v) is 14.3. The molecule has 0 aliphatic rings. The molecule has 0 unspecified atom stereocenters. The second-order valence-corrected chi connectivity index (χ2v) is 6.46. The first-order valence-corrected chi connectivity index (χ1v) is 7.95. The molecule has 5 heteroatoms. The summed E-state index contributed by atoms with van der Waals surface area (Å²) in [6, 6.07) is 8.49. The van der Waals surface area contributed by atoms with E-state index in [4.69, 9.17) is 4.42 Å². The molecule has 0 saturated heterocycles. The molecule has 1 heterocycles. The average molecular weight is 376 g/mol. The third kappa shape index (κ3) is 3.29. The first-order valence-electron chi connectivity index (χ1n) is 7.16. The number of carbonyl (C=O) groups is 1. The molecule has 3 aromatic rings. The van der Waals surface area contributed by atoms with E-state index in [-0.39, 0.29) is 18.0 Å². The van der Waals surface area contributed by atoms with Gasteiger partial charge in [0, 0.05) is 15.4 Å². The van der Waals surface area contributed by atoms with Crippen LogP contribution >= 0.6 is 15.9 Å². The molecule has 0 atom stereocenters. The smallest absolute Gasteiger partial charge is 0.229 e. The molecular weight excluding hydrogens is 361 g/mol. The lowest BCUT2D eigenvalue weighted by Gasteiger charge is -2.06. The number of halogens is 2. The van der Waals surface area contributed by atoms with Gasteiger partial charge in [-0.2, -0.15) is 0 Å². The lowest BCUT2D eigenvalue weighted by molar-refractivity contribution is -0.115. The highest BCUT2D eigenvalue weighted by Gasteiger charge is 2.13. The Morgan fingerprint density at radius 3 is 2.70 bits per heavy atom. The van der Waals surface area contributed by atoms with Crippen LogP contribution in [0.2, 0.25) is 0 Å². The SMILES string of the molecule is Cc1cc2occ(CC(=O)Nc3ccc(Br)cc3F)c2cc1C. The maximum absolute atomic E-state index is 13.8. The van der Waals surface area contributed by atoms with Crippen LogP contribution in [-0.4, -0.2) is 5.91 Å². The fourth-order valence-electron chi connectivity index (χ4n) is 2.43. The maximum Gasteiger partial charge on any atom is 0.229 e. The van der Waals surface area contributed by atoms with E-state index in [1.165, 1.54) is 12.1 Å². The fraction of sp³-hybridized carbons (Fsp3) is 0.167. The Morgan fingerprint density at radius 1 is 1.22 bits per heavy atom. The molecule has 1 amide bonds. The number of rotatable bonds is 3. The van der Waals surface area contributed by atoms with Crippen molar-refractivity contribution in [2.75, 3.05) is 5.32 Å². The minimum Gasteiger partial charge on any atom is -0.464 e. The van der Waals surface area contributed by atoms with Crippen LogP contribution in [0.5, 0.6) is 0 Å². The molecule has 0 spiro atoms. The van der Waals surface area contributed by atoms with Gasteiger partial charge in [0.15, 0.2) is 0 Å². The molecular formula is C18H15BrFNO2. The summed E-state index contributed by atoms with van der Waals surface area (Å²) in [5.74, 6) is -0.761. The van der Waals surface area contributed by atoms with Gasteiger partial charge in [0.1, 0.15) is 11.4 Å². The number of benzene rings is 2. The van der Waals surface area contributed by atoms with Crippen molar-refractivity contribution in [2.45, 2.75) is 20.3 Å². The van der Waals surface area contributed by atoms with Gasteiger partial charge in [-0.3, -0.25) is 4.79 Å². The highest BCUT2D eigenvalue weighted by Crippen LogP contribution is 2.26. The minimum atomic E-state index is -0.476. The Labute approximate surface area is 141 Å². The average Bonchev–Trinajstić information content (AvgIpc) is 2.85. The summed E-state index contributed by atoms with van der Waals surface area (Å²) in [6.07, 6.45) is 1.71. The van der Waals surface area contributed by atoms with Gasteiger partial charge >= 0.3 is 0 Å². The van der Waals surface area contributed by atoms with Gasteiger partial charge in [-0.05, 0) is 55.3 Å². The lowest BCUT2D eigenvalue weighted by Crippen LogP contribution is -2.15. The second-order valence-electron chi connectivity index (χ2n) is 5.54. The number of hydrogen-bond donors (Lipinski definition) is 1. The van der Waals surface area contributed by atoms with E-state index in [0.717, 1.165) is 27.7 Å². The fourth-order valence-corrected chi connectivity index (χ4v) is 2.76. The molecule has 3 rings (SSSR count). The highest BCUT2D eigenvalue weighted by atomic mass is 79.9. The first-order chi connectivity index (χ1) is 10.9. The molecule has 0 bridgehead atoms. The normalized spacial score (nSPS) is 11.0. The van der Waals surface area contributed by atoms with Crippen molar-refractivity contribution >= 4 is 38.5 Å². The Morgan fingerprint density at radius 2 is 1.96 bits per heavy atom. The van der Waals surface area contributed by atoms with Gasteiger partial charge in [-0.15, -0.1) is 0 Å². The molecule has 2 aromatic carbocycles. The van der Waals surface area contributed by atoms with Gasteiger partial charge in [-0.25, -0.2) is 4.39 Å². The highest BCUT2D eigenvalue weighted by molar-refractivity contribution is 9.10. The summed E-state index contributed by atoms with van der Waals surface area (Å²) in [7, 11) is 0. The number of carbonyl (C=O) groups excluding carboxylic acids is 1. The van der Waals surface area contributed by atoms with Crippen LogP contribution in [-0.2, 0) is 11.2 Å². The molecule has 1 aromatic heterocycles. The van der Waals surface area contributed by atoms with E-state index >= 15 is 0 Å². The molecule has 0 saturated carbocycles. The molecule has 1 N–H and O–H groups in total. The Balaban J connectivity index is 1.81. The van der Waals surface area contributed by atoms with Gasteiger partial charge in [0.05, 0.1) is 18.4 Å². The number of fused-ring (bicyclic) bond motifs is 1. The summed E-state index contributed by atoms with van der Waals surface area (Å²) in [6.45, 7) is 4.03. The van der Waals surface area contributed by atoms with Crippen LogP contribution in [0.15, 0.2) is 45.5 Å². The maximum atomic E-state index is 13.8. The minimum absolute atomic E-state index is 0.130. The predicted molar refractivity (Wildman–Crippen MR) is 92.1 cm³/mol. The number of nitrogens with one attached hydrogen (secondary N) is 1. The largest absolute Gasteiger partial charge is 0.464 e. The van der Waals surface area contributed by atoms with E-state index in [1.54, 1.807) is 12.3 Å². The van der Waals surface area contributed by atoms with Gasteiger partial charge in [0.2, 0.25) is 5.91 Å². The topological polar surface area (TPSA) is 42.2 Å². The van der Waals surface area contributed by atoms with Gasteiger partial charge < -0.3 is 9.73 Å². The lowest BCUT2D eigenvalue weighted by atomic mass is 10.0. The molecule has 0 aliphatic heterocycles. The Kier molecular flexibility index (Phi) is 4.22. The third-order valence-corrected chi connectivity index (χ3v) is 4.32. The monoisotopic (exact) mass is 375 g/mol. The van der Waals surface area contributed by atoms with Crippen molar-refractivity contribution in [2.24, 2.45) is 0 Å². The van der Waals surface area contributed by atoms with Crippen molar-refractivity contribution in [1.29, 1.82) is 0 Å². The number of aryl methyl sites for hydroxylation is 2. The van der Waals surface area contributed by atoms with Crippen LogP contribution < -0.4 is 5.32 Å². The summed E-state index contributed by atoms with van der Waals surface area (Å²) in [5.41, 5.74) is 3.99. The second kappa shape index (κ2) is 6.16. The summed E-state index contributed by atoms with van der Waals surface area (Å²) in [4.78, 5) is 12.2. The number of hydrogen-bond acceptors (Lipinski definition) is 2. The number of furan rings is 1. The molecule has 0 aliphatic carbocycles. The quantitative estimate of drug-likeness (QED) is 0.689.